The van der Waals surface area contributed by atoms with Crippen LogP contribution in [0.4, 0.5) is 5.69 Å². The maximum Gasteiger partial charge on any atom is 0.250 e. The van der Waals surface area contributed by atoms with Crippen molar-refractivity contribution in [1.82, 2.24) is 5.32 Å². The number of benzene rings is 2. The minimum Gasteiger partial charge on any atom is -0.545 e. The van der Waals surface area contributed by atoms with Crippen molar-refractivity contribution in [2.24, 2.45) is 0 Å². The van der Waals surface area contributed by atoms with Crippen molar-refractivity contribution < 1.29 is 14.7 Å². The third kappa shape index (κ3) is 6.20. The minimum absolute atomic E-state index is 0.0337. The number of carboxylic acids is 1. The molecular formula is C20H18ClN2O3S-. The molecule has 2 aromatic carbocycles. The molecule has 27 heavy (non-hydrogen) atoms. The van der Waals surface area contributed by atoms with Crippen LogP contribution in [0.25, 0.3) is 6.08 Å². The maximum absolute atomic E-state index is 12.0. The van der Waals surface area contributed by atoms with Crippen LogP contribution in [-0.4, -0.2) is 17.0 Å². The van der Waals surface area contributed by atoms with Crippen molar-refractivity contribution in [3.05, 3.63) is 70.3 Å². The molecule has 2 N–H and O–H groups in total. The third-order valence-electron chi connectivity index (χ3n) is 3.71. The molecule has 0 bridgehead atoms. The summed E-state index contributed by atoms with van der Waals surface area (Å²) in [7, 11) is 0. The molecule has 0 radical (unpaired) electrons. The molecule has 0 aromatic heterocycles. The Morgan fingerprint density at radius 2 is 1.81 bits per heavy atom. The Balaban J connectivity index is 1.94. The highest BCUT2D eigenvalue weighted by atomic mass is 35.5. The molecule has 0 heterocycles. The van der Waals surface area contributed by atoms with E-state index in [4.69, 9.17) is 23.8 Å². The van der Waals surface area contributed by atoms with E-state index < -0.39 is 11.9 Å². The van der Waals surface area contributed by atoms with E-state index in [0.29, 0.717) is 11.6 Å². The van der Waals surface area contributed by atoms with Crippen molar-refractivity contribution in [2.75, 3.05) is 5.32 Å². The average molecular weight is 402 g/mol. The number of thiocarbonyl (C=S) groups is 1. The lowest BCUT2D eigenvalue weighted by Crippen LogP contribution is -2.33. The third-order valence-corrected chi connectivity index (χ3v) is 4.24. The van der Waals surface area contributed by atoms with E-state index in [1.807, 2.05) is 24.3 Å². The predicted molar refractivity (Wildman–Crippen MR) is 110 cm³/mol. The molecule has 7 heteroatoms. The number of anilines is 1. The lowest BCUT2D eigenvalue weighted by atomic mass is 10.0. The lowest BCUT2D eigenvalue weighted by molar-refractivity contribution is -0.255. The fourth-order valence-corrected chi connectivity index (χ4v) is 2.65. The van der Waals surface area contributed by atoms with Gasteiger partial charge < -0.3 is 15.2 Å². The number of aromatic carboxylic acids is 1. The van der Waals surface area contributed by atoms with Gasteiger partial charge in [-0.05, 0) is 53.5 Å². The normalized spacial score (nSPS) is 10.8. The minimum atomic E-state index is -1.40. The standard InChI is InChI=1S/C20H19ClN2O3S/c1-12(2)14-6-3-13(4-7-14)5-10-18(24)23-20(27)22-15-8-9-17(21)16(11-15)19(25)26/h3-12H,1-2H3,(H,25,26)(H2,22,23,24,27)/p-1/b10-5+. The molecule has 1 amide bonds. The van der Waals surface area contributed by atoms with Crippen LogP contribution in [0.3, 0.4) is 0 Å². The summed E-state index contributed by atoms with van der Waals surface area (Å²) in [5, 5.41) is 16.3. The fraction of sp³-hybridized carbons (Fsp3) is 0.150. The van der Waals surface area contributed by atoms with Crippen LogP contribution in [0.15, 0.2) is 48.5 Å². The lowest BCUT2D eigenvalue weighted by Gasteiger charge is -2.11. The van der Waals surface area contributed by atoms with E-state index >= 15 is 0 Å². The van der Waals surface area contributed by atoms with Crippen molar-refractivity contribution >= 4 is 52.6 Å². The van der Waals surface area contributed by atoms with Gasteiger partial charge in [0, 0.05) is 22.3 Å². The molecule has 140 valence electrons. The summed E-state index contributed by atoms with van der Waals surface area (Å²) >= 11 is 10.8. The molecule has 0 aliphatic carbocycles. The molecule has 0 aliphatic heterocycles. The van der Waals surface area contributed by atoms with E-state index in [2.05, 4.69) is 24.5 Å². The van der Waals surface area contributed by atoms with Gasteiger partial charge in [-0.25, -0.2) is 0 Å². The number of amides is 1. The zero-order valence-electron chi connectivity index (χ0n) is 14.8. The summed E-state index contributed by atoms with van der Waals surface area (Å²) < 4.78 is 0. The van der Waals surface area contributed by atoms with Gasteiger partial charge in [-0.1, -0.05) is 49.7 Å². The second kappa shape index (κ2) is 9.30. The monoisotopic (exact) mass is 401 g/mol. The van der Waals surface area contributed by atoms with Gasteiger partial charge in [-0.15, -0.1) is 0 Å². The Bertz CT molecular complexity index is 893. The van der Waals surface area contributed by atoms with Crippen LogP contribution in [0, 0.1) is 0 Å². The van der Waals surface area contributed by atoms with E-state index in [1.54, 1.807) is 12.1 Å². The van der Waals surface area contributed by atoms with Gasteiger partial charge >= 0.3 is 0 Å². The molecule has 0 aliphatic rings. The number of hydrogen-bond donors (Lipinski definition) is 2. The van der Waals surface area contributed by atoms with E-state index in [-0.39, 0.29) is 15.7 Å². The van der Waals surface area contributed by atoms with Gasteiger partial charge in [-0.3, -0.25) is 10.1 Å². The van der Waals surface area contributed by atoms with Crippen molar-refractivity contribution in [3.63, 3.8) is 0 Å². The zero-order valence-corrected chi connectivity index (χ0v) is 16.4. The average Bonchev–Trinajstić information content (AvgIpc) is 2.61. The first-order valence-electron chi connectivity index (χ1n) is 8.17. The smallest absolute Gasteiger partial charge is 0.250 e. The molecule has 0 fully saturated rings. The van der Waals surface area contributed by atoms with Crippen molar-refractivity contribution in [1.29, 1.82) is 0 Å². The molecule has 2 rings (SSSR count). The summed E-state index contributed by atoms with van der Waals surface area (Å²) in [6.45, 7) is 4.23. The number of rotatable bonds is 5. The van der Waals surface area contributed by atoms with Gasteiger partial charge in [0.05, 0.1) is 5.97 Å². The summed E-state index contributed by atoms with van der Waals surface area (Å²) in [4.78, 5) is 23.0. The van der Waals surface area contributed by atoms with Gasteiger partial charge in [0.15, 0.2) is 5.11 Å². The van der Waals surface area contributed by atoms with Crippen LogP contribution in [0.5, 0.6) is 0 Å². The number of carboxylic acid groups (broad SMARTS) is 1. The fourth-order valence-electron chi connectivity index (χ4n) is 2.24. The van der Waals surface area contributed by atoms with E-state index in [1.165, 1.54) is 23.8 Å². The summed E-state index contributed by atoms with van der Waals surface area (Å²) in [6, 6.07) is 12.1. The molecule has 0 unspecified atom stereocenters. The molecular weight excluding hydrogens is 384 g/mol. The van der Waals surface area contributed by atoms with Crippen molar-refractivity contribution in [3.8, 4) is 0 Å². The summed E-state index contributed by atoms with van der Waals surface area (Å²) in [5.74, 6) is -1.36. The molecule has 2 aromatic rings. The first-order chi connectivity index (χ1) is 12.8. The maximum atomic E-state index is 12.0. The van der Waals surface area contributed by atoms with Crippen LogP contribution in [-0.2, 0) is 4.79 Å². The van der Waals surface area contributed by atoms with Crippen LogP contribution < -0.4 is 15.7 Å². The van der Waals surface area contributed by atoms with Crippen LogP contribution in [0.1, 0.15) is 41.3 Å². The Kier molecular flexibility index (Phi) is 7.10. The van der Waals surface area contributed by atoms with E-state index in [0.717, 1.165) is 5.56 Å². The largest absolute Gasteiger partial charge is 0.545 e. The predicted octanol–water partition coefficient (Wildman–Crippen LogP) is 3.35. The highest BCUT2D eigenvalue weighted by molar-refractivity contribution is 7.80. The second-order valence-corrected chi connectivity index (χ2v) is 6.90. The van der Waals surface area contributed by atoms with Gasteiger partial charge in [-0.2, -0.15) is 0 Å². The molecule has 0 saturated carbocycles. The number of halogens is 1. The molecule has 0 atom stereocenters. The number of nitrogens with one attached hydrogen (secondary N) is 2. The SMILES string of the molecule is CC(C)c1ccc(/C=C/C(=O)NC(=S)Nc2ccc(Cl)c(C(=O)[O-])c2)cc1. The Morgan fingerprint density at radius 3 is 2.41 bits per heavy atom. The Labute approximate surface area is 168 Å². The Hall–Kier alpha value is -2.70. The molecule has 0 saturated heterocycles. The van der Waals surface area contributed by atoms with Crippen molar-refractivity contribution in [2.45, 2.75) is 19.8 Å². The molecule has 0 spiro atoms. The van der Waals surface area contributed by atoms with Crippen LogP contribution >= 0.6 is 23.8 Å². The highest BCUT2D eigenvalue weighted by Gasteiger charge is 2.06. The first kappa shape index (κ1) is 20.6. The summed E-state index contributed by atoms with van der Waals surface area (Å²) in [6.07, 6.45) is 3.05. The van der Waals surface area contributed by atoms with Crippen LogP contribution in [0.2, 0.25) is 5.02 Å². The highest BCUT2D eigenvalue weighted by Crippen LogP contribution is 2.20. The number of hydrogen-bond acceptors (Lipinski definition) is 4. The van der Waals surface area contributed by atoms with Gasteiger partial charge in [0.25, 0.3) is 0 Å². The second-order valence-electron chi connectivity index (χ2n) is 6.08. The quantitative estimate of drug-likeness (QED) is 0.593. The topological polar surface area (TPSA) is 81.3 Å². The zero-order chi connectivity index (χ0) is 20.0. The number of carbonyl (C=O) groups is 2. The number of carbonyl (C=O) groups excluding carboxylic acids is 2. The first-order valence-corrected chi connectivity index (χ1v) is 8.96. The van der Waals surface area contributed by atoms with Gasteiger partial charge in [0.1, 0.15) is 0 Å². The summed E-state index contributed by atoms with van der Waals surface area (Å²) in [5.41, 5.74) is 2.32. The molecule has 5 nitrogen and oxygen atoms in total. The Morgan fingerprint density at radius 1 is 1.15 bits per heavy atom. The van der Waals surface area contributed by atoms with Gasteiger partial charge in [0.2, 0.25) is 5.91 Å². The van der Waals surface area contributed by atoms with E-state index in [9.17, 15) is 14.7 Å².